The highest BCUT2D eigenvalue weighted by atomic mass is 16.7. The Morgan fingerprint density at radius 3 is 2.24 bits per heavy atom. The van der Waals surface area contributed by atoms with Crippen molar-refractivity contribution in [3.05, 3.63) is 35.4 Å². The zero-order chi connectivity index (χ0) is 12.3. The van der Waals surface area contributed by atoms with Crippen molar-refractivity contribution in [1.29, 1.82) is 0 Å². The van der Waals surface area contributed by atoms with Crippen LogP contribution in [0.1, 0.15) is 38.3 Å². The summed E-state index contributed by atoms with van der Waals surface area (Å²) in [7, 11) is 0. The van der Waals surface area contributed by atoms with Gasteiger partial charge in [0.25, 0.3) is 0 Å². The molecule has 0 bridgehead atoms. The molecule has 0 aromatic heterocycles. The molecule has 1 aliphatic heterocycles. The first-order chi connectivity index (χ1) is 8.10. The van der Waals surface area contributed by atoms with Gasteiger partial charge in [-0.2, -0.15) is 0 Å². The molecular weight excluding hydrogens is 212 g/mol. The molecule has 2 rings (SSSR count). The molecule has 94 valence electrons. The molecule has 2 heteroatoms. The Kier molecular flexibility index (Phi) is 3.85. The number of rotatable bonds is 3. The van der Waals surface area contributed by atoms with Crippen LogP contribution >= 0.6 is 0 Å². The molecule has 1 aliphatic rings. The lowest BCUT2D eigenvalue weighted by atomic mass is 9.99. The van der Waals surface area contributed by atoms with E-state index in [1.807, 2.05) is 6.92 Å². The molecule has 1 aromatic carbocycles. The summed E-state index contributed by atoms with van der Waals surface area (Å²) in [6.07, 6.45) is 2.11. The molecule has 0 radical (unpaired) electrons. The van der Waals surface area contributed by atoms with Gasteiger partial charge in [0, 0.05) is 5.56 Å². The fourth-order valence-corrected chi connectivity index (χ4v) is 2.22. The van der Waals surface area contributed by atoms with E-state index in [2.05, 4.69) is 38.1 Å². The lowest BCUT2D eigenvalue weighted by Gasteiger charge is -2.34. The van der Waals surface area contributed by atoms with Crippen LogP contribution in [0.5, 0.6) is 0 Å². The van der Waals surface area contributed by atoms with Gasteiger partial charge in [-0.15, -0.1) is 0 Å². The monoisotopic (exact) mass is 234 g/mol. The van der Waals surface area contributed by atoms with Crippen molar-refractivity contribution in [2.24, 2.45) is 5.92 Å². The summed E-state index contributed by atoms with van der Waals surface area (Å²) in [4.78, 5) is 0. The second-order valence-electron chi connectivity index (χ2n) is 5.29. The third kappa shape index (κ3) is 3.08. The van der Waals surface area contributed by atoms with E-state index in [0.29, 0.717) is 5.92 Å². The maximum absolute atomic E-state index is 5.75. The Hall–Kier alpha value is -0.860. The Labute approximate surface area is 104 Å². The number of hydrogen-bond acceptors (Lipinski definition) is 2. The lowest BCUT2D eigenvalue weighted by Crippen LogP contribution is -2.34. The fraction of sp³-hybridized carbons (Fsp3) is 0.600. The molecule has 1 saturated heterocycles. The first-order valence-electron chi connectivity index (χ1n) is 6.47. The minimum atomic E-state index is -0.547. The average Bonchev–Trinajstić information content (AvgIpc) is 2.30. The van der Waals surface area contributed by atoms with Crippen LogP contribution in [0.3, 0.4) is 0 Å². The molecular formula is C15H22O2. The third-order valence-electron chi connectivity index (χ3n) is 3.17. The predicted molar refractivity (Wildman–Crippen MR) is 68.9 cm³/mol. The third-order valence-corrected chi connectivity index (χ3v) is 3.17. The largest absolute Gasteiger partial charge is 0.346 e. The highest BCUT2D eigenvalue weighted by Gasteiger charge is 2.30. The van der Waals surface area contributed by atoms with Crippen LogP contribution < -0.4 is 0 Å². The van der Waals surface area contributed by atoms with Crippen molar-refractivity contribution in [2.45, 2.75) is 39.4 Å². The van der Waals surface area contributed by atoms with Gasteiger partial charge < -0.3 is 9.47 Å². The smallest absolute Gasteiger partial charge is 0.191 e. The van der Waals surface area contributed by atoms with Crippen LogP contribution in [-0.2, 0) is 21.7 Å². The van der Waals surface area contributed by atoms with Crippen molar-refractivity contribution >= 4 is 0 Å². The summed E-state index contributed by atoms with van der Waals surface area (Å²) in [5.41, 5.74) is 2.49. The molecule has 0 saturated carbocycles. The zero-order valence-electron chi connectivity index (χ0n) is 11.0. The summed E-state index contributed by atoms with van der Waals surface area (Å²) in [6.45, 7) is 8.04. The van der Waals surface area contributed by atoms with E-state index in [4.69, 9.17) is 9.47 Å². The van der Waals surface area contributed by atoms with Crippen LogP contribution in [0, 0.1) is 5.92 Å². The molecule has 1 aromatic rings. The van der Waals surface area contributed by atoms with E-state index in [9.17, 15) is 0 Å². The molecule has 17 heavy (non-hydrogen) atoms. The van der Waals surface area contributed by atoms with Crippen molar-refractivity contribution < 1.29 is 9.47 Å². The van der Waals surface area contributed by atoms with Crippen molar-refractivity contribution in [3.63, 3.8) is 0 Å². The van der Waals surface area contributed by atoms with Crippen LogP contribution in [0.15, 0.2) is 24.3 Å². The second kappa shape index (κ2) is 5.19. The SMILES string of the molecule is CC(C)Cc1ccc(C2(C)OCCCO2)cc1. The lowest BCUT2D eigenvalue weighted by molar-refractivity contribution is -0.264. The van der Waals surface area contributed by atoms with E-state index < -0.39 is 5.79 Å². The van der Waals surface area contributed by atoms with Crippen LogP contribution in [-0.4, -0.2) is 13.2 Å². The molecule has 1 fully saturated rings. The van der Waals surface area contributed by atoms with Gasteiger partial charge in [-0.25, -0.2) is 0 Å². The minimum absolute atomic E-state index is 0.547. The van der Waals surface area contributed by atoms with Gasteiger partial charge in [-0.3, -0.25) is 0 Å². The van der Waals surface area contributed by atoms with Crippen molar-refractivity contribution in [3.8, 4) is 0 Å². The topological polar surface area (TPSA) is 18.5 Å². The molecule has 0 unspecified atom stereocenters. The fourth-order valence-electron chi connectivity index (χ4n) is 2.22. The van der Waals surface area contributed by atoms with Crippen molar-refractivity contribution in [1.82, 2.24) is 0 Å². The number of ether oxygens (including phenoxy) is 2. The molecule has 0 amide bonds. The van der Waals surface area contributed by atoms with E-state index in [0.717, 1.165) is 31.6 Å². The second-order valence-corrected chi connectivity index (χ2v) is 5.29. The molecule has 0 N–H and O–H groups in total. The maximum atomic E-state index is 5.75. The molecule has 0 atom stereocenters. The molecule has 0 spiro atoms. The average molecular weight is 234 g/mol. The summed E-state index contributed by atoms with van der Waals surface area (Å²) >= 11 is 0. The normalized spacial score (nSPS) is 19.5. The summed E-state index contributed by atoms with van der Waals surface area (Å²) < 4.78 is 11.5. The van der Waals surface area contributed by atoms with E-state index >= 15 is 0 Å². The maximum Gasteiger partial charge on any atom is 0.191 e. The minimum Gasteiger partial charge on any atom is -0.346 e. The van der Waals surface area contributed by atoms with E-state index in [1.54, 1.807) is 0 Å². The van der Waals surface area contributed by atoms with Gasteiger partial charge in [0.2, 0.25) is 0 Å². The quantitative estimate of drug-likeness (QED) is 0.797. The molecule has 1 heterocycles. The summed E-state index contributed by atoms with van der Waals surface area (Å²) in [6, 6.07) is 8.62. The van der Waals surface area contributed by atoms with Crippen LogP contribution in [0.4, 0.5) is 0 Å². The Morgan fingerprint density at radius 2 is 1.71 bits per heavy atom. The van der Waals surface area contributed by atoms with Crippen LogP contribution in [0.2, 0.25) is 0 Å². The Balaban J connectivity index is 2.11. The highest BCUT2D eigenvalue weighted by molar-refractivity contribution is 5.26. The molecule has 2 nitrogen and oxygen atoms in total. The van der Waals surface area contributed by atoms with Gasteiger partial charge in [0.1, 0.15) is 0 Å². The molecule has 0 aliphatic carbocycles. The van der Waals surface area contributed by atoms with E-state index in [-0.39, 0.29) is 0 Å². The van der Waals surface area contributed by atoms with Crippen LogP contribution in [0.25, 0.3) is 0 Å². The van der Waals surface area contributed by atoms with Gasteiger partial charge in [-0.1, -0.05) is 38.1 Å². The standard InChI is InChI=1S/C15H22O2/c1-12(2)11-13-5-7-14(8-6-13)15(3)16-9-4-10-17-15/h5-8,12H,4,9-11H2,1-3H3. The van der Waals surface area contributed by atoms with Crippen molar-refractivity contribution in [2.75, 3.05) is 13.2 Å². The number of hydrogen-bond donors (Lipinski definition) is 0. The Bertz CT molecular complexity index is 348. The first kappa shape index (κ1) is 12.6. The Morgan fingerprint density at radius 1 is 1.12 bits per heavy atom. The number of benzene rings is 1. The van der Waals surface area contributed by atoms with Gasteiger partial charge in [-0.05, 0) is 31.2 Å². The van der Waals surface area contributed by atoms with Gasteiger partial charge in [0.05, 0.1) is 13.2 Å². The predicted octanol–water partition coefficient (Wildman–Crippen LogP) is 3.49. The van der Waals surface area contributed by atoms with Gasteiger partial charge in [0.15, 0.2) is 5.79 Å². The summed E-state index contributed by atoms with van der Waals surface area (Å²) in [5, 5.41) is 0. The van der Waals surface area contributed by atoms with E-state index in [1.165, 1.54) is 5.56 Å². The first-order valence-corrected chi connectivity index (χ1v) is 6.47. The summed E-state index contributed by atoms with van der Waals surface area (Å²) in [5.74, 6) is 0.146. The highest BCUT2D eigenvalue weighted by Crippen LogP contribution is 2.30. The zero-order valence-corrected chi connectivity index (χ0v) is 11.0. The van der Waals surface area contributed by atoms with Gasteiger partial charge >= 0.3 is 0 Å².